The summed E-state index contributed by atoms with van der Waals surface area (Å²) in [5, 5.41) is 6.12. The molecule has 0 unspecified atom stereocenters. The Hall–Kier alpha value is -1.65. The Balaban J connectivity index is 1.87. The molecule has 0 saturated heterocycles. The second-order valence-corrected chi connectivity index (χ2v) is 5.90. The molecule has 0 spiro atoms. The van der Waals surface area contributed by atoms with Gasteiger partial charge in [-0.15, -0.1) is 0 Å². The van der Waals surface area contributed by atoms with E-state index in [0.717, 1.165) is 15.7 Å². The molecule has 0 aliphatic rings. The van der Waals surface area contributed by atoms with Gasteiger partial charge in [0.15, 0.2) is 0 Å². The summed E-state index contributed by atoms with van der Waals surface area (Å²) in [6.07, 6.45) is 0. The number of nitrogens with one attached hydrogen (secondary N) is 2. The van der Waals surface area contributed by atoms with E-state index in [4.69, 9.17) is 0 Å². The van der Waals surface area contributed by atoms with Crippen molar-refractivity contribution in [3.05, 3.63) is 64.1 Å². The number of carbonyl (C=O) groups excluding carboxylic acids is 1. The van der Waals surface area contributed by atoms with E-state index in [0.29, 0.717) is 0 Å². The van der Waals surface area contributed by atoms with Crippen molar-refractivity contribution in [1.82, 2.24) is 5.32 Å². The van der Waals surface area contributed by atoms with Crippen molar-refractivity contribution in [2.24, 2.45) is 0 Å². The number of anilines is 1. The lowest BCUT2D eigenvalue weighted by Gasteiger charge is -2.14. The molecule has 2 rings (SSSR count). The molecule has 0 aliphatic carbocycles. The quantitative estimate of drug-likeness (QED) is 0.857. The standard InChI is InChI=1S/C17H19BrN2O/c1-12-8-9-16(15(18)10-12)20-17(21)11-19-13(2)14-6-4-3-5-7-14/h3-10,13,19H,11H2,1-2H3,(H,20,21)/t13-/m1/s1. The molecule has 1 atom stereocenters. The van der Waals surface area contributed by atoms with Gasteiger partial charge in [0.05, 0.1) is 12.2 Å². The maximum absolute atomic E-state index is 12.0. The smallest absolute Gasteiger partial charge is 0.238 e. The third-order valence-electron chi connectivity index (χ3n) is 3.27. The number of rotatable bonds is 5. The summed E-state index contributed by atoms with van der Waals surface area (Å²) in [5.74, 6) is -0.0534. The average molecular weight is 347 g/mol. The lowest BCUT2D eigenvalue weighted by atomic mass is 10.1. The fourth-order valence-corrected chi connectivity index (χ4v) is 2.61. The summed E-state index contributed by atoms with van der Waals surface area (Å²) in [5.41, 5.74) is 3.11. The SMILES string of the molecule is Cc1ccc(NC(=O)CN[C@H](C)c2ccccc2)c(Br)c1. The first kappa shape index (κ1) is 15.7. The Morgan fingerprint density at radius 1 is 1.19 bits per heavy atom. The predicted molar refractivity (Wildman–Crippen MR) is 90.4 cm³/mol. The fourth-order valence-electron chi connectivity index (χ4n) is 2.02. The number of hydrogen-bond donors (Lipinski definition) is 2. The number of amides is 1. The van der Waals surface area contributed by atoms with Crippen LogP contribution in [0.4, 0.5) is 5.69 Å². The minimum Gasteiger partial charge on any atom is -0.324 e. The predicted octanol–water partition coefficient (Wildman–Crippen LogP) is 4.05. The zero-order valence-electron chi connectivity index (χ0n) is 12.2. The first-order valence-electron chi connectivity index (χ1n) is 6.90. The van der Waals surface area contributed by atoms with E-state index < -0.39 is 0 Å². The van der Waals surface area contributed by atoms with E-state index in [1.807, 2.05) is 62.4 Å². The van der Waals surface area contributed by atoms with Crippen molar-refractivity contribution >= 4 is 27.5 Å². The van der Waals surface area contributed by atoms with Crippen LogP contribution < -0.4 is 10.6 Å². The first-order chi connectivity index (χ1) is 10.1. The molecule has 2 N–H and O–H groups in total. The highest BCUT2D eigenvalue weighted by Gasteiger charge is 2.09. The van der Waals surface area contributed by atoms with E-state index in [-0.39, 0.29) is 18.5 Å². The summed E-state index contributed by atoms with van der Waals surface area (Å²) >= 11 is 3.46. The molecule has 0 aromatic heterocycles. The molecule has 2 aromatic rings. The zero-order valence-corrected chi connectivity index (χ0v) is 13.8. The number of halogens is 1. The van der Waals surface area contributed by atoms with Crippen LogP contribution in [0.5, 0.6) is 0 Å². The van der Waals surface area contributed by atoms with Gasteiger partial charge in [-0.25, -0.2) is 0 Å². The van der Waals surface area contributed by atoms with Crippen LogP contribution in [0.15, 0.2) is 53.0 Å². The summed E-state index contributed by atoms with van der Waals surface area (Å²) in [6.45, 7) is 4.33. The van der Waals surface area contributed by atoms with Gasteiger partial charge in [0.25, 0.3) is 0 Å². The Labute approximate surface area is 133 Å². The molecule has 1 amide bonds. The van der Waals surface area contributed by atoms with Crippen LogP contribution in [-0.2, 0) is 4.79 Å². The van der Waals surface area contributed by atoms with Gasteiger partial charge in [0, 0.05) is 10.5 Å². The van der Waals surface area contributed by atoms with Gasteiger partial charge in [-0.3, -0.25) is 4.79 Å². The van der Waals surface area contributed by atoms with Gasteiger partial charge in [-0.2, -0.15) is 0 Å². The monoisotopic (exact) mass is 346 g/mol. The molecule has 2 aromatic carbocycles. The van der Waals surface area contributed by atoms with Gasteiger partial charge >= 0.3 is 0 Å². The van der Waals surface area contributed by atoms with Gasteiger partial charge in [0.2, 0.25) is 5.91 Å². The van der Waals surface area contributed by atoms with Crippen LogP contribution in [0, 0.1) is 6.92 Å². The average Bonchev–Trinajstić information content (AvgIpc) is 2.48. The van der Waals surface area contributed by atoms with Crippen molar-refractivity contribution in [2.45, 2.75) is 19.9 Å². The summed E-state index contributed by atoms with van der Waals surface area (Å²) in [4.78, 5) is 12.0. The zero-order chi connectivity index (χ0) is 15.2. The molecule has 0 heterocycles. The largest absolute Gasteiger partial charge is 0.324 e. The van der Waals surface area contributed by atoms with Gasteiger partial charge in [-0.05, 0) is 53.0 Å². The Bertz CT molecular complexity index is 613. The van der Waals surface area contributed by atoms with Crippen molar-refractivity contribution in [1.29, 1.82) is 0 Å². The summed E-state index contributed by atoms with van der Waals surface area (Å²) in [6, 6.07) is 16.1. The minimum absolute atomic E-state index is 0.0534. The summed E-state index contributed by atoms with van der Waals surface area (Å²) in [7, 11) is 0. The number of hydrogen-bond acceptors (Lipinski definition) is 2. The molecule has 3 nitrogen and oxygen atoms in total. The van der Waals surface area contributed by atoms with Crippen molar-refractivity contribution < 1.29 is 4.79 Å². The Kier molecular flexibility index (Phi) is 5.53. The van der Waals surface area contributed by atoms with Gasteiger partial charge < -0.3 is 10.6 Å². The third kappa shape index (κ3) is 4.69. The van der Waals surface area contributed by atoms with E-state index in [1.165, 1.54) is 5.56 Å². The number of carbonyl (C=O) groups is 1. The number of aryl methyl sites for hydroxylation is 1. The Morgan fingerprint density at radius 2 is 1.90 bits per heavy atom. The molecule has 21 heavy (non-hydrogen) atoms. The van der Waals surface area contributed by atoms with Crippen molar-refractivity contribution in [2.75, 3.05) is 11.9 Å². The highest BCUT2D eigenvalue weighted by atomic mass is 79.9. The first-order valence-corrected chi connectivity index (χ1v) is 7.70. The molecule has 110 valence electrons. The second kappa shape index (κ2) is 7.38. The van der Waals surface area contributed by atoms with Crippen LogP contribution >= 0.6 is 15.9 Å². The molecule has 0 bridgehead atoms. The normalized spacial score (nSPS) is 12.0. The van der Waals surface area contributed by atoms with Crippen LogP contribution in [0.25, 0.3) is 0 Å². The van der Waals surface area contributed by atoms with Crippen LogP contribution in [0.2, 0.25) is 0 Å². The molecular formula is C17H19BrN2O. The molecule has 0 saturated carbocycles. The maximum Gasteiger partial charge on any atom is 0.238 e. The van der Waals surface area contributed by atoms with E-state index in [9.17, 15) is 4.79 Å². The minimum atomic E-state index is -0.0534. The lowest BCUT2D eigenvalue weighted by molar-refractivity contribution is -0.115. The van der Waals surface area contributed by atoms with Gasteiger partial charge in [0.1, 0.15) is 0 Å². The van der Waals surface area contributed by atoms with Crippen LogP contribution in [0.3, 0.4) is 0 Å². The Morgan fingerprint density at radius 3 is 2.57 bits per heavy atom. The molecular weight excluding hydrogens is 328 g/mol. The van der Waals surface area contributed by atoms with E-state index in [2.05, 4.69) is 26.6 Å². The highest BCUT2D eigenvalue weighted by Crippen LogP contribution is 2.23. The molecule has 4 heteroatoms. The van der Waals surface area contributed by atoms with Crippen molar-refractivity contribution in [3.63, 3.8) is 0 Å². The molecule has 0 fully saturated rings. The van der Waals surface area contributed by atoms with Crippen molar-refractivity contribution in [3.8, 4) is 0 Å². The molecule has 0 radical (unpaired) electrons. The summed E-state index contributed by atoms with van der Waals surface area (Å²) < 4.78 is 0.895. The van der Waals surface area contributed by atoms with E-state index >= 15 is 0 Å². The fraction of sp³-hybridized carbons (Fsp3) is 0.235. The number of benzene rings is 2. The van der Waals surface area contributed by atoms with E-state index in [1.54, 1.807) is 0 Å². The molecule has 0 aliphatic heterocycles. The van der Waals surface area contributed by atoms with Crippen LogP contribution in [-0.4, -0.2) is 12.5 Å². The van der Waals surface area contributed by atoms with Crippen LogP contribution in [0.1, 0.15) is 24.1 Å². The second-order valence-electron chi connectivity index (χ2n) is 5.04. The maximum atomic E-state index is 12.0. The third-order valence-corrected chi connectivity index (χ3v) is 3.92. The highest BCUT2D eigenvalue weighted by molar-refractivity contribution is 9.10. The lowest BCUT2D eigenvalue weighted by Crippen LogP contribution is -2.30. The van der Waals surface area contributed by atoms with Gasteiger partial charge in [-0.1, -0.05) is 36.4 Å². The topological polar surface area (TPSA) is 41.1 Å².